The number of aromatic nitrogens is 1. The van der Waals surface area contributed by atoms with Crippen LogP contribution in [-0.4, -0.2) is 13.4 Å². The highest BCUT2D eigenvalue weighted by Gasteiger charge is 2.17. The lowest BCUT2D eigenvalue weighted by atomic mass is 10.2. The van der Waals surface area contributed by atoms with Gasteiger partial charge in [0.25, 0.3) is 9.05 Å². The highest BCUT2D eigenvalue weighted by atomic mass is 35.7. The molecular formula is C9H5ClFNO3S. The number of nitrogens with one attached hydrogen (secondary N) is 1. The van der Waals surface area contributed by atoms with Crippen molar-refractivity contribution in [1.82, 2.24) is 4.98 Å². The van der Waals surface area contributed by atoms with E-state index in [4.69, 9.17) is 10.7 Å². The molecule has 0 saturated carbocycles. The van der Waals surface area contributed by atoms with Gasteiger partial charge in [0.05, 0.1) is 5.52 Å². The number of pyridine rings is 1. The van der Waals surface area contributed by atoms with Crippen molar-refractivity contribution in [3.05, 3.63) is 40.4 Å². The fraction of sp³-hybridized carbons (Fsp3) is 0. The Labute approximate surface area is 94.1 Å². The molecule has 0 unspecified atom stereocenters. The smallest absolute Gasteiger partial charge is 0.264 e. The number of hydrogen-bond donors (Lipinski definition) is 1. The van der Waals surface area contributed by atoms with Crippen molar-refractivity contribution < 1.29 is 12.8 Å². The summed E-state index contributed by atoms with van der Waals surface area (Å²) in [4.78, 5) is 12.7. The van der Waals surface area contributed by atoms with Crippen LogP contribution >= 0.6 is 10.7 Å². The summed E-state index contributed by atoms with van der Waals surface area (Å²) in [6.45, 7) is 0. The molecule has 4 nitrogen and oxygen atoms in total. The molecule has 2 rings (SSSR count). The molecule has 0 atom stereocenters. The highest BCUT2D eigenvalue weighted by Crippen LogP contribution is 2.23. The molecule has 2 aromatic rings. The predicted molar refractivity (Wildman–Crippen MR) is 57.6 cm³/mol. The van der Waals surface area contributed by atoms with Gasteiger partial charge in [-0.05, 0) is 23.6 Å². The maximum absolute atomic E-state index is 13.4. The molecule has 0 aliphatic rings. The third kappa shape index (κ3) is 1.94. The van der Waals surface area contributed by atoms with E-state index >= 15 is 0 Å². The van der Waals surface area contributed by atoms with Crippen LogP contribution in [-0.2, 0) is 9.05 Å². The van der Waals surface area contributed by atoms with E-state index in [0.29, 0.717) is 5.39 Å². The second-order valence-corrected chi connectivity index (χ2v) is 5.66. The highest BCUT2D eigenvalue weighted by molar-refractivity contribution is 8.13. The number of benzene rings is 1. The van der Waals surface area contributed by atoms with Crippen LogP contribution in [0.5, 0.6) is 0 Å². The Morgan fingerprint density at radius 2 is 1.94 bits per heavy atom. The van der Waals surface area contributed by atoms with Crippen molar-refractivity contribution in [2.45, 2.75) is 4.90 Å². The third-order valence-corrected chi connectivity index (χ3v) is 3.38. The van der Waals surface area contributed by atoms with Gasteiger partial charge in [0.2, 0.25) is 5.56 Å². The molecule has 1 aromatic heterocycles. The summed E-state index contributed by atoms with van der Waals surface area (Å²) < 4.78 is 35.4. The van der Waals surface area contributed by atoms with Gasteiger partial charge in [-0.2, -0.15) is 0 Å². The second kappa shape index (κ2) is 3.57. The minimum Gasteiger partial charge on any atom is -0.322 e. The standard InChI is InChI=1S/C9H5ClFNO3S/c10-16(14,15)8-3-5-1-2-9(13)12-7(5)4-6(8)11/h1-4H,(H,12,13). The zero-order valence-electron chi connectivity index (χ0n) is 7.70. The molecule has 0 saturated heterocycles. The van der Waals surface area contributed by atoms with Gasteiger partial charge < -0.3 is 4.98 Å². The molecule has 0 aliphatic heterocycles. The molecule has 1 N–H and O–H groups in total. The topological polar surface area (TPSA) is 67.0 Å². The largest absolute Gasteiger partial charge is 0.322 e. The van der Waals surface area contributed by atoms with Crippen LogP contribution in [0.3, 0.4) is 0 Å². The van der Waals surface area contributed by atoms with E-state index in [1.165, 1.54) is 12.1 Å². The molecule has 1 aromatic carbocycles. The van der Waals surface area contributed by atoms with E-state index in [2.05, 4.69) is 4.98 Å². The molecule has 0 amide bonds. The van der Waals surface area contributed by atoms with E-state index in [1.54, 1.807) is 0 Å². The minimum absolute atomic E-state index is 0.217. The minimum atomic E-state index is -4.13. The lowest BCUT2D eigenvalue weighted by Gasteiger charge is -2.01. The Balaban J connectivity index is 2.88. The quantitative estimate of drug-likeness (QED) is 0.793. The molecule has 0 fully saturated rings. The summed E-state index contributed by atoms with van der Waals surface area (Å²) in [5, 5.41) is 0.389. The lowest BCUT2D eigenvalue weighted by molar-refractivity contribution is 0.577. The number of H-pyrrole nitrogens is 1. The van der Waals surface area contributed by atoms with Crippen molar-refractivity contribution >= 4 is 30.6 Å². The van der Waals surface area contributed by atoms with Crippen molar-refractivity contribution in [2.75, 3.05) is 0 Å². The van der Waals surface area contributed by atoms with Crippen LogP contribution in [0.4, 0.5) is 4.39 Å². The first-order valence-corrected chi connectivity index (χ1v) is 6.46. The Hall–Kier alpha value is -1.40. The van der Waals surface area contributed by atoms with Crippen molar-refractivity contribution in [1.29, 1.82) is 0 Å². The monoisotopic (exact) mass is 261 g/mol. The van der Waals surface area contributed by atoms with Crippen molar-refractivity contribution in [3.63, 3.8) is 0 Å². The van der Waals surface area contributed by atoms with E-state index in [0.717, 1.165) is 12.1 Å². The molecule has 0 radical (unpaired) electrons. The number of fused-ring (bicyclic) bond motifs is 1. The first kappa shape index (κ1) is 11.1. The summed E-state index contributed by atoms with van der Waals surface area (Å²) in [7, 11) is 0.926. The Morgan fingerprint density at radius 3 is 2.56 bits per heavy atom. The van der Waals surface area contributed by atoms with Gasteiger partial charge in [0.15, 0.2) is 0 Å². The van der Waals surface area contributed by atoms with Crippen LogP contribution < -0.4 is 5.56 Å². The molecule has 0 bridgehead atoms. The number of rotatable bonds is 1. The Bertz CT molecular complexity index is 723. The Kier molecular flexibility index (Phi) is 2.47. The summed E-state index contributed by atoms with van der Waals surface area (Å²) in [5.74, 6) is -0.996. The van der Waals surface area contributed by atoms with Crippen molar-refractivity contribution in [3.8, 4) is 0 Å². The third-order valence-electron chi connectivity index (χ3n) is 2.04. The van der Waals surface area contributed by atoms with Crippen LogP contribution in [0.25, 0.3) is 10.9 Å². The van der Waals surface area contributed by atoms with Gasteiger partial charge in [-0.3, -0.25) is 4.79 Å². The van der Waals surface area contributed by atoms with Crippen LogP contribution in [0.15, 0.2) is 34.0 Å². The van der Waals surface area contributed by atoms with E-state index in [9.17, 15) is 17.6 Å². The number of halogens is 2. The summed E-state index contributed by atoms with van der Waals surface area (Å²) in [6.07, 6.45) is 0. The second-order valence-electron chi connectivity index (χ2n) is 3.13. The molecule has 0 spiro atoms. The van der Waals surface area contributed by atoms with E-state index in [1.807, 2.05) is 0 Å². The van der Waals surface area contributed by atoms with E-state index < -0.39 is 25.3 Å². The van der Waals surface area contributed by atoms with Gasteiger partial charge in [-0.1, -0.05) is 0 Å². The molecular weight excluding hydrogens is 257 g/mol. The molecule has 16 heavy (non-hydrogen) atoms. The van der Waals surface area contributed by atoms with Crippen LogP contribution in [0.1, 0.15) is 0 Å². The molecule has 7 heteroatoms. The van der Waals surface area contributed by atoms with Gasteiger partial charge in [0, 0.05) is 16.7 Å². The van der Waals surface area contributed by atoms with Gasteiger partial charge >= 0.3 is 0 Å². The average Bonchev–Trinajstić information content (AvgIpc) is 2.14. The normalized spacial score (nSPS) is 11.9. The summed E-state index contributed by atoms with van der Waals surface area (Å²) in [5.41, 5.74) is -0.178. The number of aromatic amines is 1. The van der Waals surface area contributed by atoms with E-state index in [-0.39, 0.29) is 5.52 Å². The Morgan fingerprint density at radius 1 is 1.25 bits per heavy atom. The fourth-order valence-corrected chi connectivity index (χ4v) is 2.26. The van der Waals surface area contributed by atoms with Gasteiger partial charge in [-0.15, -0.1) is 0 Å². The maximum atomic E-state index is 13.4. The van der Waals surface area contributed by atoms with Crippen LogP contribution in [0.2, 0.25) is 0 Å². The van der Waals surface area contributed by atoms with Crippen molar-refractivity contribution in [2.24, 2.45) is 0 Å². The van der Waals surface area contributed by atoms with Crippen LogP contribution in [0, 0.1) is 5.82 Å². The first-order chi connectivity index (χ1) is 7.38. The zero-order valence-corrected chi connectivity index (χ0v) is 9.27. The fourth-order valence-electron chi connectivity index (χ4n) is 1.34. The summed E-state index contributed by atoms with van der Waals surface area (Å²) >= 11 is 0. The van der Waals surface area contributed by atoms with Gasteiger partial charge in [0.1, 0.15) is 10.7 Å². The average molecular weight is 262 g/mol. The molecule has 0 aliphatic carbocycles. The summed E-state index contributed by atoms with van der Waals surface area (Å²) in [6, 6.07) is 4.60. The SMILES string of the molecule is O=c1ccc2cc(S(=O)(=O)Cl)c(F)cc2[nH]1. The maximum Gasteiger partial charge on any atom is 0.264 e. The predicted octanol–water partition coefficient (Wildman–Crippen LogP) is 1.59. The zero-order chi connectivity index (χ0) is 11.9. The molecule has 84 valence electrons. The van der Waals surface area contributed by atoms with Gasteiger partial charge in [-0.25, -0.2) is 12.8 Å². The molecule has 1 heterocycles. The first-order valence-electron chi connectivity index (χ1n) is 4.15. The number of hydrogen-bond acceptors (Lipinski definition) is 3. The lowest BCUT2D eigenvalue weighted by Crippen LogP contribution is -2.04.